The summed E-state index contributed by atoms with van der Waals surface area (Å²) in [6.07, 6.45) is 0.626. The molecule has 0 aliphatic carbocycles. The van der Waals surface area contributed by atoms with E-state index in [0.717, 1.165) is 0 Å². The third-order valence-electron chi connectivity index (χ3n) is 4.38. The van der Waals surface area contributed by atoms with Crippen LogP contribution in [-0.4, -0.2) is 59.3 Å². The molecule has 0 unspecified atom stereocenters. The van der Waals surface area contributed by atoms with Crippen molar-refractivity contribution in [1.82, 2.24) is 0 Å². The van der Waals surface area contributed by atoms with E-state index in [-0.39, 0.29) is 36.7 Å². The van der Waals surface area contributed by atoms with Crippen LogP contribution in [-0.2, 0) is 14.3 Å². The van der Waals surface area contributed by atoms with Gasteiger partial charge < -0.3 is 29.5 Å². The van der Waals surface area contributed by atoms with E-state index in [1.54, 1.807) is 6.92 Å². The van der Waals surface area contributed by atoms with Crippen LogP contribution in [0.3, 0.4) is 0 Å². The Kier molecular flexibility index (Phi) is 7.98. The number of hydrogen-bond donors (Lipinski definition) is 3. The minimum absolute atomic E-state index is 0.0122. The van der Waals surface area contributed by atoms with Gasteiger partial charge in [-0.25, -0.2) is 4.79 Å². The molecule has 0 saturated carbocycles. The number of phenols is 1. The number of rotatable bonds is 3. The van der Waals surface area contributed by atoms with Crippen molar-refractivity contribution in [2.75, 3.05) is 13.9 Å². The molecule has 0 saturated heterocycles. The molecule has 8 heteroatoms. The average Bonchev–Trinajstić information content (AvgIpc) is 2.64. The van der Waals surface area contributed by atoms with Crippen LogP contribution in [0, 0.1) is 0 Å². The normalized spacial score (nSPS) is 25.4. The van der Waals surface area contributed by atoms with Gasteiger partial charge in [-0.2, -0.15) is 0 Å². The van der Waals surface area contributed by atoms with Crippen molar-refractivity contribution in [3.63, 3.8) is 0 Å². The largest absolute Gasteiger partial charge is 0.507 e. The fourth-order valence-corrected chi connectivity index (χ4v) is 2.88. The number of phenolic OH excluding ortho intramolecular Hbond substituents is 1. The minimum Gasteiger partial charge on any atom is -0.507 e. The molecule has 0 spiro atoms. The van der Waals surface area contributed by atoms with Crippen LogP contribution in [0.5, 0.6) is 11.5 Å². The molecular weight excluding hydrogens is 368 g/mol. The molecule has 3 N–H and O–H groups in total. The van der Waals surface area contributed by atoms with E-state index >= 15 is 0 Å². The zero-order chi connectivity index (χ0) is 20.7. The van der Waals surface area contributed by atoms with E-state index in [0.29, 0.717) is 18.4 Å². The maximum Gasteiger partial charge on any atom is 0.342 e. The van der Waals surface area contributed by atoms with Crippen LogP contribution in [0.15, 0.2) is 18.2 Å². The third-order valence-corrected chi connectivity index (χ3v) is 4.38. The highest BCUT2D eigenvalue weighted by Gasteiger charge is 2.25. The fraction of sp³-hybridized carbons (Fsp3) is 0.500. The molecule has 8 nitrogen and oxygen atoms in total. The molecular formula is C20H26O8. The standard InChI is InChI=1S/C20H26O8/c1-12-5-3-7-15(21)19(24)16(22)8-4-6-13-9-14(27-11-26-2)10-17(23)18(13)20(25)28-12/h4,6,9-10,12,16,19,22-24H,3,5,7-8,11H2,1-2H3/b6-4+/t12-,16-,19+/m0/s1. The summed E-state index contributed by atoms with van der Waals surface area (Å²) in [5, 5.41) is 30.3. The molecule has 1 aliphatic rings. The molecule has 2 rings (SSSR count). The second kappa shape index (κ2) is 10.2. The molecule has 28 heavy (non-hydrogen) atoms. The molecule has 3 atom stereocenters. The first kappa shape index (κ1) is 21.9. The number of esters is 1. The smallest absolute Gasteiger partial charge is 0.342 e. The number of carbonyl (C=O) groups excluding carboxylic acids is 2. The number of cyclic esters (lactones) is 1. The van der Waals surface area contributed by atoms with Crippen LogP contribution in [0.2, 0.25) is 0 Å². The molecule has 154 valence electrons. The summed E-state index contributed by atoms with van der Waals surface area (Å²) in [5.74, 6) is -1.19. The van der Waals surface area contributed by atoms with Gasteiger partial charge in [-0.1, -0.05) is 12.2 Å². The number of aliphatic hydroxyl groups excluding tert-OH is 2. The van der Waals surface area contributed by atoms with Gasteiger partial charge in [0.1, 0.15) is 23.2 Å². The summed E-state index contributed by atoms with van der Waals surface area (Å²) in [6.45, 7) is 1.64. The SMILES string of the molecule is COCOc1cc(O)c2c(c1)/C=C/C[C@H](O)[C@H](O)C(=O)CCC[C@H](C)OC2=O. The van der Waals surface area contributed by atoms with Gasteiger partial charge >= 0.3 is 5.97 Å². The summed E-state index contributed by atoms with van der Waals surface area (Å²) in [6, 6.07) is 2.81. The number of fused-ring (bicyclic) bond motifs is 1. The summed E-state index contributed by atoms with van der Waals surface area (Å²) in [5.41, 5.74) is 0.282. The number of methoxy groups -OCH3 is 1. The molecule has 1 aromatic rings. The van der Waals surface area contributed by atoms with E-state index in [4.69, 9.17) is 14.2 Å². The average molecular weight is 394 g/mol. The first-order valence-corrected chi connectivity index (χ1v) is 9.08. The zero-order valence-corrected chi connectivity index (χ0v) is 16.0. The van der Waals surface area contributed by atoms with E-state index in [9.17, 15) is 24.9 Å². The first-order chi connectivity index (χ1) is 13.3. The lowest BCUT2D eigenvalue weighted by Crippen LogP contribution is -2.33. The van der Waals surface area contributed by atoms with Crippen molar-refractivity contribution in [2.24, 2.45) is 0 Å². The van der Waals surface area contributed by atoms with Crippen molar-refractivity contribution in [3.8, 4) is 11.5 Å². The first-order valence-electron chi connectivity index (χ1n) is 9.08. The van der Waals surface area contributed by atoms with Crippen LogP contribution in [0.1, 0.15) is 48.5 Å². The number of aromatic hydroxyl groups is 1. The second-order valence-corrected chi connectivity index (χ2v) is 6.68. The maximum atomic E-state index is 12.6. The van der Waals surface area contributed by atoms with E-state index < -0.39 is 30.1 Å². The summed E-state index contributed by atoms with van der Waals surface area (Å²) in [4.78, 5) is 24.5. The van der Waals surface area contributed by atoms with Crippen molar-refractivity contribution in [1.29, 1.82) is 0 Å². The van der Waals surface area contributed by atoms with Crippen molar-refractivity contribution in [3.05, 3.63) is 29.3 Å². The second-order valence-electron chi connectivity index (χ2n) is 6.68. The molecule has 0 aromatic heterocycles. The number of aliphatic hydroxyl groups is 2. The quantitative estimate of drug-likeness (QED) is 0.524. The number of hydrogen-bond acceptors (Lipinski definition) is 8. The number of ketones is 1. The number of ether oxygens (including phenoxy) is 3. The Bertz CT molecular complexity index is 727. The van der Waals surface area contributed by atoms with Gasteiger partial charge in [0.2, 0.25) is 0 Å². The Morgan fingerprint density at radius 1 is 1.25 bits per heavy atom. The Hall–Kier alpha value is -2.42. The predicted octanol–water partition coefficient (Wildman–Crippen LogP) is 1.80. The molecule has 0 radical (unpaired) electrons. The molecule has 0 amide bonds. The van der Waals surface area contributed by atoms with Crippen molar-refractivity contribution in [2.45, 2.75) is 50.9 Å². The van der Waals surface area contributed by atoms with Gasteiger partial charge in [-0.15, -0.1) is 0 Å². The maximum absolute atomic E-state index is 12.6. The van der Waals surface area contributed by atoms with Gasteiger partial charge in [0, 0.05) is 19.6 Å². The van der Waals surface area contributed by atoms with Crippen LogP contribution in [0.25, 0.3) is 6.08 Å². The highest BCUT2D eigenvalue weighted by molar-refractivity contribution is 5.97. The van der Waals surface area contributed by atoms with Crippen molar-refractivity contribution >= 4 is 17.8 Å². The number of carbonyl (C=O) groups is 2. The Morgan fingerprint density at radius 2 is 2.00 bits per heavy atom. The molecule has 0 bridgehead atoms. The Balaban J connectivity index is 2.40. The highest BCUT2D eigenvalue weighted by atomic mass is 16.7. The number of benzene rings is 1. The molecule has 1 heterocycles. The minimum atomic E-state index is -1.48. The lowest BCUT2D eigenvalue weighted by Gasteiger charge is -2.18. The molecule has 1 aliphatic heterocycles. The van der Waals surface area contributed by atoms with Crippen LogP contribution in [0.4, 0.5) is 0 Å². The van der Waals surface area contributed by atoms with Crippen molar-refractivity contribution < 1.29 is 39.1 Å². The fourth-order valence-electron chi connectivity index (χ4n) is 2.88. The lowest BCUT2D eigenvalue weighted by atomic mass is 9.99. The van der Waals surface area contributed by atoms with E-state index in [1.165, 1.54) is 31.4 Å². The Labute approximate surface area is 163 Å². The summed E-state index contributed by atoms with van der Waals surface area (Å²) in [7, 11) is 1.45. The summed E-state index contributed by atoms with van der Waals surface area (Å²) >= 11 is 0. The van der Waals surface area contributed by atoms with Gasteiger partial charge in [0.05, 0.1) is 12.2 Å². The third kappa shape index (κ3) is 5.79. The van der Waals surface area contributed by atoms with E-state index in [2.05, 4.69) is 0 Å². The van der Waals surface area contributed by atoms with Gasteiger partial charge in [0.25, 0.3) is 0 Å². The zero-order valence-electron chi connectivity index (χ0n) is 16.0. The van der Waals surface area contributed by atoms with Crippen LogP contribution >= 0.6 is 0 Å². The lowest BCUT2D eigenvalue weighted by molar-refractivity contribution is -0.132. The molecule has 1 aromatic carbocycles. The Morgan fingerprint density at radius 3 is 2.71 bits per heavy atom. The summed E-state index contributed by atoms with van der Waals surface area (Å²) < 4.78 is 15.5. The number of Topliss-reactive ketones (excluding diaryl/α,β-unsaturated/α-hetero) is 1. The topological polar surface area (TPSA) is 123 Å². The van der Waals surface area contributed by atoms with Gasteiger partial charge in [0.15, 0.2) is 12.6 Å². The van der Waals surface area contributed by atoms with E-state index in [1.807, 2.05) is 0 Å². The molecule has 0 fully saturated rings. The monoisotopic (exact) mass is 394 g/mol. The highest BCUT2D eigenvalue weighted by Crippen LogP contribution is 2.30. The van der Waals surface area contributed by atoms with Gasteiger partial charge in [-0.05, 0) is 37.8 Å². The predicted molar refractivity (Wildman–Crippen MR) is 100 cm³/mol. The van der Waals surface area contributed by atoms with Gasteiger partial charge in [-0.3, -0.25) is 4.79 Å². The van der Waals surface area contributed by atoms with Crippen LogP contribution < -0.4 is 4.74 Å².